The molecule has 0 saturated carbocycles. The maximum absolute atomic E-state index is 12.2. The van der Waals surface area contributed by atoms with Crippen molar-refractivity contribution in [2.45, 2.75) is 6.04 Å². The van der Waals surface area contributed by atoms with E-state index in [1.54, 1.807) is 12.3 Å². The summed E-state index contributed by atoms with van der Waals surface area (Å²) in [5.74, 6) is -0.560. The van der Waals surface area contributed by atoms with Gasteiger partial charge in [-0.05, 0) is 12.1 Å². The minimum Gasteiger partial charge on any atom is -0.394 e. The zero-order chi connectivity index (χ0) is 18.5. The zero-order valence-corrected chi connectivity index (χ0v) is 14.0. The number of rotatable bonds is 9. The number of amides is 3. The van der Waals surface area contributed by atoms with Gasteiger partial charge >= 0.3 is 6.03 Å². The third-order valence-electron chi connectivity index (χ3n) is 3.55. The minimum absolute atomic E-state index is 0.0325. The second kappa shape index (κ2) is 8.45. The highest BCUT2D eigenvalue weighted by Crippen LogP contribution is 2.28. The van der Waals surface area contributed by atoms with Crippen molar-refractivity contribution in [3.05, 3.63) is 24.0 Å². The van der Waals surface area contributed by atoms with Crippen LogP contribution in [0.5, 0.6) is 0 Å². The van der Waals surface area contributed by atoms with Crippen molar-refractivity contribution in [3.63, 3.8) is 0 Å². The van der Waals surface area contributed by atoms with Gasteiger partial charge in [-0.15, -0.1) is 4.33 Å². The van der Waals surface area contributed by atoms with E-state index in [9.17, 15) is 9.59 Å². The van der Waals surface area contributed by atoms with Gasteiger partial charge in [-0.3, -0.25) is 9.63 Å². The summed E-state index contributed by atoms with van der Waals surface area (Å²) >= 11 is 0.288. The fourth-order valence-corrected chi connectivity index (χ4v) is 2.78. The largest absolute Gasteiger partial charge is 0.394 e. The van der Waals surface area contributed by atoms with Crippen LogP contribution in [0, 0.1) is 0 Å². The van der Waals surface area contributed by atoms with Gasteiger partial charge in [0.1, 0.15) is 6.04 Å². The molecule has 3 amide bonds. The molecule has 1 saturated heterocycles. The Morgan fingerprint density at radius 3 is 3.12 bits per heavy atom. The Morgan fingerprint density at radius 1 is 1.50 bits per heavy atom. The topological polar surface area (TPSA) is 148 Å². The van der Waals surface area contributed by atoms with Gasteiger partial charge in [0.2, 0.25) is 12.3 Å². The van der Waals surface area contributed by atoms with Crippen LogP contribution in [0.4, 0.5) is 4.79 Å². The number of carbonyl (C=O) groups excluding carboxylic acids is 2. The average Bonchev–Trinajstić information content (AvgIpc) is 3.21. The van der Waals surface area contributed by atoms with Crippen LogP contribution >= 0.6 is 12.3 Å². The minimum atomic E-state index is -0.560. The van der Waals surface area contributed by atoms with Gasteiger partial charge in [0.25, 0.3) is 5.91 Å². The molecule has 0 radical (unpaired) electrons. The first-order valence-corrected chi connectivity index (χ1v) is 8.00. The second-order valence-electron chi connectivity index (χ2n) is 5.15. The first kappa shape index (κ1) is 18.6. The van der Waals surface area contributed by atoms with Gasteiger partial charge in [-0.1, -0.05) is 5.04 Å². The van der Waals surface area contributed by atoms with Crippen molar-refractivity contribution in [1.82, 2.24) is 25.2 Å². The summed E-state index contributed by atoms with van der Waals surface area (Å²) in [5.41, 5.74) is 2.93. The van der Waals surface area contributed by atoms with Crippen LogP contribution in [0.1, 0.15) is 10.5 Å². The fraction of sp³-hybridized carbons (Fsp3) is 0.417. The van der Waals surface area contributed by atoms with E-state index in [-0.39, 0.29) is 37.8 Å². The molecule has 1 unspecified atom stereocenters. The molecule has 0 aromatic carbocycles. The number of aliphatic hydroxyl groups is 1. The van der Waals surface area contributed by atoms with E-state index >= 15 is 0 Å². The molecule has 1 fully saturated rings. The lowest BCUT2D eigenvalue weighted by Crippen LogP contribution is -2.32. The number of aromatic nitrogens is 2. The summed E-state index contributed by atoms with van der Waals surface area (Å²) in [5, 5.41) is 25.3. The molecule has 1 aromatic rings. The van der Waals surface area contributed by atoms with Crippen LogP contribution in [0.15, 0.2) is 18.3 Å². The molecule has 2 aliphatic rings. The Balaban J connectivity index is 1.66. The smallest absolute Gasteiger partial charge is 0.346 e. The van der Waals surface area contributed by atoms with Crippen molar-refractivity contribution in [1.29, 1.82) is 0 Å². The number of nitrogens with zero attached hydrogens (tertiary/aromatic N) is 4. The maximum Gasteiger partial charge on any atom is 0.346 e. The van der Waals surface area contributed by atoms with Gasteiger partial charge in [0, 0.05) is 12.7 Å². The standard InChI is InChI=1S/C12H15N5O8S/c18-3-4-22-14-11(19)10-1-2-16(13-10)8-5-9-7-15(6-8)12(20)17(9)23-26-25-24-21/h1-2,5,9,18,21H,3-4,6-7H2,(H,14,19). The van der Waals surface area contributed by atoms with Gasteiger partial charge in [-0.2, -0.15) is 14.4 Å². The highest BCUT2D eigenvalue weighted by molar-refractivity contribution is 7.89. The van der Waals surface area contributed by atoms with E-state index in [4.69, 9.17) is 19.5 Å². The van der Waals surface area contributed by atoms with Gasteiger partial charge in [0.05, 0.1) is 25.5 Å². The zero-order valence-electron chi connectivity index (χ0n) is 13.2. The Labute approximate surface area is 150 Å². The van der Waals surface area contributed by atoms with Crippen molar-refractivity contribution >= 4 is 30.0 Å². The van der Waals surface area contributed by atoms with Crippen molar-refractivity contribution < 1.29 is 38.4 Å². The molecular weight excluding hydrogens is 374 g/mol. The number of aliphatic hydroxyl groups excluding tert-OH is 1. The predicted molar refractivity (Wildman–Crippen MR) is 83.1 cm³/mol. The SMILES string of the molecule is O=C(NOCCO)c1ccn(C2=CC3CN(C2)C(=O)N3OSOOO)n1. The third-order valence-corrected chi connectivity index (χ3v) is 3.89. The van der Waals surface area contributed by atoms with Crippen molar-refractivity contribution in [3.8, 4) is 0 Å². The first-order chi connectivity index (χ1) is 12.6. The van der Waals surface area contributed by atoms with E-state index in [0.29, 0.717) is 12.2 Å². The van der Waals surface area contributed by atoms with Gasteiger partial charge in [-0.25, -0.2) is 20.2 Å². The number of urea groups is 1. The number of hydrogen-bond donors (Lipinski definition) is 3. The highest BCUT2D eigenvalue weighted by atomic mass is 32.2. The van der Waals surface area contributed by atoms with E-state index in [1.165, 1.54) is 15.6 Å². The first-order valence-electron chi connectivity index (χ1n) is 7.33. The summed E-state index contributed by atoms with van der Waals surface area (Å²) in [4.78, 5) is 30.3. The molecule has 142 valence electrons. The summed E-state index contributed by atoms with van der Waals surface area (Å²) < 4.78 is 10.6. The fourth-order valence-electron chi connectivity index (χ4n) is 2.50. The molecular formula is C12H15N5O8S. The lowest BCUT2D eigenvalue weighted by molar-refractivity contribution is -0.435. The van der Waals surface area contributed by atoms with E-state index in [0.717, 1.165) is 5.06 Å². The lowest BCUT2D eigenvalue weighted by Gasteiger charge is -2.21. The van der Waals surface area contributed by atoms with Crippen LogP contribution in [-0.4, -0.2) is 74.4 Å². The van der Waals surface area contributed by atoms with Crippen LogP contribution in [-0.2, 0) is 18.5 Å². The van der Waals surface area contributed by atoms with Gasteiger partial charge < -0.3 is 10.0 Å². The molecule has 26 heavy (non-hydrogen) atoms. The average molecular weight is 389 g/mol. The number of carbonyl (C=O) groups is 2. The van der Waals surface area contributed by atoms with Crippen LogP contribution < -0.4 is 5.48 Å². The van der Waals surface area contributed by atoms with Crippen molar-refractivity contribution in [2.75, 3.05) is 26.3 Å². The van der Waals surface area contributed by atoms with Crippen LogP contribution in [0.3, 0.4) is 0 Å². The Kier molecular flexibility index (Phi) is 6.04. The number of hydrogen-bond acceptors (Lipinski definition) is 10. The lowest BCUT2D eigenvalue weighted by atomic mass is 10.2. The maximum atomic E-state index is 12.2. The second-order valence-corrected chi connectivity index (χ2v) is 5.57. The molecule has 2 aliphatic heterocycles. The van der Waals surface area contributed by atoms with Crippen LogP contribution in [0.2, 0.25) is 0 Å². The quantitative estimate of drug-likeness (QED) is 0.217. The van der Waals surface area contributed by atoms with E-state index < -0.39 is 18.0 Å². The molecule has 0 spiro atoms. The molecule has 13 nitrogen and oxygen atoms in total. The molecule has 0 aliphatic carbocycles. The Morgan fingerprint density at radius 2 is 2.35 bits per heavy atom. The predicted octanol–water partition coefficient (Wildman–Crippen LogP) is -0.587. The normalized spacial score (nSPS) is 19.1. The van der Waals surface area contributed by atoms with Gasteiger partial charge in [0.15, 0.2) is 5.69 Å². The Hall–Kier alpha value is -2.20. The third kappa shape index (κ3) is 3.96. The summed E-state index contributed by atoms with van der Waals surface area (Å²) in [6.45, 7) is 0.419. The molecule has 14 heteroatoms. The molecule has 3 N–H and O–H groups in total. The van der Waals surface area contributed by atoms with Crippen molar-refractivity contribution in [2.24, 2.45) is 0 Å². The number of hydroxylamine groups is 3. The summed E-state index contributed by atoms with van der Waals surface area (Å²) in [6.07, 6.45) is 3.34. The Bertz CT molecular complexity index is 697. The molecule has 2 bridgehead atoms. The van der Waals surface area contributed by atoms with Crippen LogP contribution in [0.25, 0.3) is 5.70 Å². The van der Waals surface area contributed by atoms with E-state index in [1.807, 2.05) is 0 Å². The molecule has 3 heterocycles. The molecule has 1 aromatic heterocycles. The molecule has 3 rings (SSSR count). The summed E-state index contributed by atoms with van der Waals surface area (Å²) in [6, 6.07) is 0.691. The highest BCUT2D eigenvalue weighted by Gasteiger charge is 2.42. The number of nitrogens with one attached hydrogen (secondary N) is 1. The van der Waals surface area contributed by atoms with E-state index in [2.05, 4.69) is 20.0 Å². The number of fused-ring (bicyclic) bond motifs is 2. The monoisotopic (exact) mass is 389 g/mol. The molecule has 1 atom stereocenters. The summed E-state index contributed by atoms with van der Waals surface area (Å²) in [7, 11) is 0.